The molecule has 0 spiro atoms. The first-order chi connectivity index (χ1) is 9.57. The zero-order chi connectivity index (χ0) is 15.4. The minimum Gasteiger partial charge on any atom is -0.351 e. The summed E-state index contributed by atoms with van der Waals surface area (Å²) in [6.45, 7) is 13.8. The van der Waals surface area contributed by atoms with E-state index in [2.05, 4.69) is 44.8 Å². The first-order valence-corrected chi connectivity index (χ1v) is 8.60. The molecular weight excluding hydrogens is 248 g/mol. The Hall–Kier alpha value is -0.570. The maximum Gasteiger partial charge on any atom is 0.221 e. The number of nitrogens with one attached hydrogen (secondary N) is 1. The molecule has 1 amide bonds. The number of unbranched alkanes of at least 4 members (excludes halogenated alkanes) is 2. The minimum absolute atomic E-state index is 0.0233. The van der Waals surface area contributed by atoms with Gasteiger partial charge in [0.15, 0.2) is 0 Å². The summed E-state index contributed by atoms with van der Waals surface area (Å²) in [5.41, 5.74) is 0.0233. The standard InChI is InChI=1S/C17H36N2O/c1-6-11-12-14-17(7-2,8-3)18-16(20)13-15-19(9-4)10-5/h6-15H2,1-5H3,(H,18,20). The van der Waals surface area contributed by atoms with E-state index in [9.17, 15) is 4.79 Å². The quantitative estimate of drug-likeness (QED) is 0.550. The number of amides is 1. The largest absolute Gasteiger partial charge is 0.351 e. The number of rotatable bonds is 12. The van der Waals surface area contributed by atoms with Gasteiger partial charge < -0.3 is 10.2 Å². The van der Waals surface area contributed by atoms with Crippen molar-refractivity contribution in [1.82, 2.24) is 10.2 Å². The molecule has 0 aliphatic rings. The highest BCUT2D eigenvalue weighted by atomic mass is 16.1. The third-order valence-corrected chi connectivity index (χ3v) is 4.57. The van der Waals surface area contributed by atoms with Gasteiger partial charge in [0.25, 0.3) is 0 Å². The molecule has 0 saturated heterocycles. The molecule has 0 atom stereocenters. The fourth-order valence-electron chi connectivity index (χ4n) is 2.71. The maximum atomic E-state index is 12.2. The van der Waals surface area contributed by atoms with Gasteiger partial charge in [0.1, 0.15) is 0 Å². The van der Waals surface area contributed by atoms with Crippen LogP contribution in [0.25, 0.3) is 0 Å². The molecule has 1 N–H and O–H groups in total. The van der Waals surface area contributed by atoms with Crippen molar-refractivity contribution in [2.45, 2.75) is 85.1 Å². The van der Waals surface area contributed by atoms with E-state index >= 15 is 0 Å². The van der Waals surface area contributed by atoms with Crippen molar-refractivity contribution in [1.29, 1.82) is 0 Å². The molecule has 3 nitrogen and oxygen atoms in total. The summed E-state index contributed by atoms with van der Waals surface area (Å²) < 4.78 is 0. The van der Waals surface area contributed by atoms with Gasteiger partial charge >= 0.3 is 0 Å². The van der Waals surface area contributed by atoms with Crippen molar-refractivity contribution in [2.75, 3.05) is 19.6 Å². The van der Waals surface area contributed by atoms with E-state index in [0.29, 0.717) is 6.42 Å². The highest BCUT2D eigenvalue weighted by Gasteiger charge is 2.27. The smallest absolute Gasteiger partial charge is 0.221 e. The molecule has 0 heterocycles. The van der Waals surface area contributed by atoms with Crippen LogP contribution in [-0.4, -0.2) is 36.0 Å². The Morgan fingerprint density at radius 1 is 1.00 bits per heavy atom. The number of nitrogens with zero attached hydrogens (tertiary/aromatic N) is 1. The van der Waals surface area contributed by atoms with Crippen molar-refractivity contribution < 1.29 is 4.79 Å². The number of hydrogen-bond acceptors (Lipinski definition) is 2. The van der Waals surface area contributed by atoms with Crippen LogP contribution in [-0.2, 0) is 4.79 Å². The molecule has 0 aromatic heterocycles. The molecule has 0 aliphatic carbocycles. The summed E-state index contributed by atoms with van der Waals surface area (Å²) in [5.74, 6) is 0.220. The van der Waals surface area contributed by atoms with Crippen LogP contribution >= 0.6 is 0 Å². The lowest BCUT2D eigenvalue weighted by Gasteiger charge is -2.33. The Kier molecular flexibility index (Phi) is 10.8. The molecule has 0 unspecified atom stereocenters. The second-order valence-corrected chi connectivity index (χ2v) is 5.77. The van der Waals surface area contributed by atoms with Gasteiger partial charge in [-0.2, -0.15) is 0 Å². The molecule has 3 heteroatoms. The molecule has 0 rings (SSSR count). The average Bonchev–Trinajstić information content (AvgIpc) is 2.47. The van der Waals surface area contributed by atoms with E-state index < -0.39 is 0 Å². The zero-order valence-corrected chi connectivity index (χ0v) is 14.4. The number of carbonyl (C=O) groups is 1. The second-order valence-electron chi connectivity index (χ2n) is 5.77. The molecule has 0 aliphatic heterocycles. The Morgan fingerprint density at radius 2 is 1.60 bits per heavy atom. The molecule has 0 saturated carbocycles. The lowest BCUT2D eigenvalue weighted by molar-refractivity contribution is -0.123. The van der Waals surface area contributed by atoms with E-state index in [4.69, 9.17) is 0 Å². The Balaban J connectivity index is 4.31. The van der Waals surface area contributed by atoms with Crippen LogP contribution < -0.4 is 5.32 Å². The van der Waals surface area contributed by atoms with Crippen molar-refractivity contribution in [3.05, 3.63) is 0 Å². The highest BCUT2D eigenvalue weighted by Crippen LogP contribution is 2.23. The first kappa shape index (κ1) is 19.4. The lowest BCUT2D eigenvalue weighted by Crippen LogP contribution is -2.48. The second kappa shape index (κ2) is 11.1. The maximum absolute atomic E-state index is 12.2. The van der Waals surface area contributed by atoms with Gasteiger partial charge in [0, 0.05) is 18.5 Å². The van der Waals surface area contributed by atoms with E-state index in [1.807, 2.05) is 0 Å². The van der Waals surface area contributed by atoms with E-state index in [1.54, 1.807) is 0 Å². The summed E-state index contributed by atoms with van der Waals surface area (Å²) in [7, 11) is 0. The molecule has 0 aromatic rings. The lowest BCUT2D eigenvalue weighted by atomic mass is 9.86. The Bertz CT molecular complexity index is 245. The summed E-state index contributed by atoms with van der Waals surface area (Å²) in [6.07, 6.45) is 7.52. The summed E-state index contributed by atoms with van der Waals surface area (Å²) in [6, 6.07) is 0. The first-order valence-electron chi connectivity index (χ1n) is 8.60. The summed E-state index contributed by atoms with van der Waals surface area (Å²) >= 11 is 0. The van der Waals surface area contributed by atoms with Crippen LogP contribution in [0.1, 0.15) is 79.6 Å². The molecule has 0 bridgehead atoms. The van der Waals surface area contributed by atoms with Crippen LogP contribution in [0.3, 0.4) is 0 Å². The molecule has 120 valence electrons. The van der Waals surface area contributed by atoms with Gasteiger partial charge in [0.05, 0.1) is 0 Å². The van der Waals surface area contributed by atoms with Crippen LogP contribution in [0, 0.1) is 0 Å². The van der Waals surface area contributed by atoms with E-state index in [-0.39, 0.29) is 11.4 Å². The molecule has 0 radical (unpaired) electrons. The van der Waals surface area contributed by atoms with Crippen LogP contribution in [0.5, 0.6) is 0 Å². The van der Waals surface area contributed by atoms with Crippen molar-refractivity contribution in [3.63, 3.8) is 0 Å². The predicted molar refractivity (Wildman–Crippen MR) is 88.0 cm³/mol. The molecule has 0 fully saturated rings. The third-order valence-electron chi connectivity index (χ3n) is 4.57. The normalized spacial score (nSPS) is 11.9. The van der Waals surface area contributed by atoms with E-state index in [0.717, 1.165) is 38.9 Å². The van der Waals surface area contributed by atoms with E-state index in [1.165, 1.54) is 19.3 Å². The molecular formula is C17H36N2O. The Morgan fingerprint density at radius 3 is 2.05 bits per heavy atom. The van der Waals surface area contributed by atoms with Gasteiger partial charge in [-0.3, -0.25) is 4.79 Å². The third kappa shape index (κ3) is 7.28. The van der Waals surface area contributed by atoms with Crippen molar-refractivity contribution in [3.8, 4) is 0 Å². The van der Waals surface area contributed by atoms with Gasteiger partial charge in [-0.1, -0.05) is 53.9 Å². The predicted octanol–water partition coefficient (Wildman–Crippen LogP) is 3.97. The van der Waals surface area contributed by atoms with Gasteiger partial charge in [0.2, 0.25) is 5.91 Å². The van der Waals surface area contributed by atoms with Crippen molar-refractivity contribution in [2.24, 2.45) is 0 Å². The van der Waals surface area contributed by atoms with Crippen LogP contribution in [0.2, 0.25) is 0 Å². The molecule has 0 aromatic carbocycles. The monoisotopic (exact) mass is 284 g/mol. The topological polar surface area (TPSA) is 32.3 Å². The van der Waals surface area contributed by atoms with Crippen LogP contribution in [0.4, 0.5) is 0 Å². The Labute approximate surface area is 126 Å². The van der Waals surface area contributed by atoms with Crippen LogP contribution in [0.15, 0.2) is 0 Å². The molecule has 20 heavy (non-hydrogen) atoms. The fourth-order valence-corrected chi connectivity index (χ4v) is 2.71. The van der Waals surface area contributed by atoms with Gasteiger partial charge in [-0.05, 0) is 32.4 Å². The average molecular weight is 284 g/mol. The zero-order valence-electron chi connectivity index (χ0n) is 14.4. The highest BCUT2D eigenvalue weighted by molar-refractivity contribution is 5.77. The summed E-state index contributed by atoms with van der Waals surface area (Å²) in [4.78, 5) is 14.5. The number of carbonyl (C=O) groups excluding carboxylic acids is 1. The summed E-state index contributed by atoms with van der Waals surface area (Å²) in [5, 5.41) is 3.33. The van der Waals surface area contributed by atoms with Gasteiger partial charge in [-0.25, -0.2) is 0 Å². The SMILES string of the molecule is CCCCCC(CC)(CC)NC(=O)CCN(CC)CC. The fraction of sp³-hybridized carbons (Fsp3) is 0.941. The minimum atomic E-state index is 0.0233. The van der Waals surface area contributed by atoms with Crippen molar-refractivity contribution >= 4 is 5.91 Å². The van der Waals surface area contributed by atoms with Gasteiger partial charge in [-0.15, -0.1) is 0 Å². The number of hydrogen-bond donors (Lipinski definition) is 1.